The van der Waals surface area contributed by atoms with E-state index in [0.717, 1.165) is 11.7 Å². The van der Waals surface area contributed by atoms with Crippen molar-refractivity contribution in [2.24, 2.45) is 0 Å². The first-order valence-corrected chi connectivity index (χ1v) is 7.26. The Labute approximate surface area is 115 Å². The zero-order valence-electron chi connectivity index (χ0n) is 11.0. The van der Waals surface area contributed by atoms with Crippen molar-refractivity contribution >= 4 is 17.3 Å². The molecule has 0 spiro atoms. The lowest BCUT2D eigenvalue weighted by Crippen LogP contribution is -2.41. The third-order valence-corrected chi connectivity index (χ3v) is 3.89. The van der Waals surface area contributed by atoms with Gasteiger partial charge in [0, 0.05) is 12.6 Å². The second-order valence-electron chi connectivity index (χ2n) is 5.15. The molecule has 1 fully saturated rings. The largest absolute Gasteiger partial charge is 0.362 e. The molecule has 0 heterocycles. The van der Waals surface area contributed by atoms with Crippen molar-refractivity contribution in [3.05, 3.63) is 35.9 Å². The Kier molecular flexibility index (Phi) is 5.00. The fourth-order valence-corrected chi connectivity index (χ4v) is 2.70. The van der Waals surface area contributed by atoms with E-state index >= 15 is 0 Å². The molecular formula is C15H22N2S. The summed E-state index contributed by atoms with van der Waals surface area (Å²) in [5.74, 6) is 0.481. The minimum Gasteiger partial charge on any atom is -0.362 e. The summed E-state index contributed by atoms with van der Waals surface area (Å²) in [5, 5.41) is 7.54. The quantitative estimate of drug-likeness (QED) is 0.815. The van der Waals surface area contributed by atoms with Crippen LogP contribution in [0.4, 0.5) is 0 Å². The minimum absolute atomic E-state index is 0.481. The highest BCUT2D eigenvalue weighted by molar-refractivity contribution is 7.80. The van der Waals surface area contributed by atoms with E-state index in [9.17, 15) is 0 Å². The lowest BCUT2D eigenvalue weighted by Gasteiger charge is -2.18. The molecule has 1 unspecified atom stereocenters. The highest BCUT2D eigenvalue weighted by Gasteiger charge is 2.15. The van der Waals surface area contributed by atoms with Gasteiger partial charge in [0.05, 0.1) is 0 Å². The molecule has 2 N–H and O–H groups in total. The molecule has 2 nitrogen and oxygen atoms in total. The molecule has 3 heteroatoms. The van der Waals surface area contributed by atoms with Gasteiger partial charge < -0.3 is 10.6 Å². The van der Waals surface area contributed by atoms with Crippen LogP contribution in [0.15, 0.2) is 30.3 Å². The van der Waals surface area contributed by atoms with Crippen LogP contribution in [0.25, 0.3) is 0 Å². The van der Waals surface area contributed by atoms with Gasteiger partial charge in [-0.15, -0.1) is 0 Å². The van der Waals surface area contributed by atoms with Crippen LogP contribution in [-0.4, -0.2) is 17.7 Å². The molecule has 0 bridgehead atoms. The summed E-state index contributed by atoms with van der Waals surface area (Å²) in [6, 6.07) is 11.1. The highest BCUT2D eigenvalue weighted by Crippen LogP contribution is 2.17. The molecule has 18 heavy (non-hydrogen) atoms. The van der Waals surface area contributed by atoms with Crippen molar-refractivity contribution in [3.8, 4) is 0 Å². The highest BCUT2D eigenvalue weighted by atomic mass is 32.1. The van der Waals surface area contributed by atoms with Gasteiger partial charge in [-0.1, -0.05) is 50.1 Å². The lowest BCUT2D eigenvalue weighted by atomic mass is 10.0. The Morgan fingerprint density at radius 2 is 1.94 bits per heavy atom. The van der Waals surface area contributed by atoms with Gasteiger partial charge in [0.2, 0.25) is 0 Å². The minimum atomic E-state index is 0.481. The second kappa shape index (κ2) is 6.74. The monoisotopic (exact) mass is 262 g/mol. The summed E-state index contributed by atoms with van der Waals surface area (Å²) in [7, 11) is 0. The summed E-state index contributed by atoms with van der Waals surface area (Å²) < 4.78 is 0. The molecule has 1 atom stereocenters. The molecule has 1 aromatic rings. The van der Waals surface area contributed by atoms with Crippen LogP contribution >= 0.6 is 12.2 Å². The van der Waals surface area contributed by atoms with Gasteiger partial charge in [-0.3, -0.25) is 0 Å². The first-order chi connectivity index (χ1) is 8.75. The summed E-state index contributed by atoms with van der Waals surface area (Å²) >= 11 is 5.34. The smallest absolute Gasteiger partial charge is 0.166 e. The third kappa shape index (κ3) is 3.98. The molecule has 2 rings (SSSR count). The van der Waals surface area contributed by atoms with Crippen LogP contribution in [0.3, 0.4) is 0 Å². The van der Waals surface area contributed by atoms with Crippen LogP contribution in [-0.2, 0) is 0 Å². The van der Waals surface area contributed by atoms with Crippen molar-refractivity contribution in [2.45, 2.75) is 44.6 Å². The predicted octanol–water partition coefficient (Wildman–Crippen LogP) is 3.20. The van der Waals surface area contributed by atoms with Crippen LogP contribution in [0.1, 0.15) is 44.1 Å². The SMILES string of the molecule is CC(CNC(=S)NC1CCCC1)c1ccccc1. The maximum Gasteiger partial charge on any atom is 0.166 e. The summed E-state index contributed by atoms with van der Waals surface area (Å²) in [4.78, 5) is 0. The first kappa shape index (κ1) is 13.3. The zero-order valence-corrected chi connectivity index (χ0v) is 11.8. The molecule has 0 amide bonds. The van der Waals surface area contributed by atoms with Crippen LogP contribution in [0.2, 0.25) is 0 Å². The average molecular weight is 262 g/mol. The standard InChI is InChI=1S/C15H22N2S/c1-12(13-7-3-2-4-8-13)11-16-15(18)17-14-9-5-6-10-14/h2-4,7-8,12,14H,5-6,9-11H2,1H3,(H2,16,17,18). The van der Waals surface area contributed by atoms with E-state index in [1.807, 2.05) is 0 Å². The Hall–Kier alpha value is -1.09. The fraction of sp³-hybridized carbons (Fsp3) is 0.533. The van der Waals surface area contributed by atoms with E-state index < -0.39 is 0 Å². The van der Waals surface area contributed by atoms with Gasteiger partial charge in [0.15, 0.2) is 5.11 Å². The number of hydrogen-bond acceptors (Lipinski definition) is 1. The fourth-order valence-electron chi connectivity index (χ4n) is 2.45. The Balaban J connectivity index is 1.72. The molecule has 1 aliphatic rings. The molecule has 1 saturated carbocycles. The van der Waals surface area contributed by atoms with Gasteiger partial charge >= 0.3 is 0 Å². The van der Waals surface area contributed by atoms with Crippen LogP contribution in [0, 0.1) is 0 Å². The van der Waals surface area contributed by atoms with Gasteiger partial charge in [-0.2, -0.15) is 0 Å². The van der Waals surface area contributed by atoms with E-state index in [1.165, 1.54) is 31.2 Å². The molecule has 0 saturated heterocycles. The number of rotatable bonds is 4. The topological polar surface area (TPSA) is 24.1 Å². The molecule has 98 valence electrons. The molecule has 1 aliphatic carbocycles. The van der Waals surface area contributed by atoms with Crippen LogP contribution in [0.5, 0.6) is 0 Å². The molecule has 0 aliphatic heterocycles. The molecule has 0 radical (unpaired) electrons. The van der Waals surface area contributed by atoms with Gasteiger partial charge in [0.1, 0.15) is 0 Å². The van der Waals surface area contributed by atoms with E-state index in [2.05, 4.69) is 47.9 Å². The van der Waals surface area contributed by atoms with Gasteiger partial charge in [-0.25, -0.2) is 0 Å². The number of hydrogen-bond donors (Lipinski definition) is 2. The third-order valence-electron chi connectivity index (χ3n) is 3.63. The van der Waals surface area contributed by atoms with Crippen molar-refractivity contribution in [1.82, 2.24) is 10.6 Å². The zero-order chi connectivity index (χ0) is 12.8. The van der Waals surface area contributed by atoms with E-state index in [-0.39, 0.29) is 0 Å². The number of thiocarbonyl (C=S) groups is 1. The van der Waals surface area contributed by atoms with Crippen LogP contribution < -0.4 is 10.6 Å². The maximum absolute atomic E-state index is 5.34. The number of benzene rings is 1. The molecular weight excluding hydrogens is 240 g/mol. The van der Waals surface area contributed by atoms with Crippen molar-refractivity contribution in [1.29, 1.82) is 0 Å². The van der Waals surface area contributed by atoms with Gasteiger partial charge in [0.25, 0.3) is 0 Å². The van der Waals surface area contributed by atoms with Crippen molar-refractivity contribution < 1.29 is 0 Å². The van der Waals surface area contributed by atoms with Crippen molar-refractivity contribution in [3.63, 3.8) is 0 Å². The van der Waals surface area contributed by atoms with Gasteiger partial charge in [-0.05, 0) is 36.5 Å². The number of nitrogens with one attached hydrogen (secondary N) is 2. The lowest BCUT2D eigenvalue weighted by molar-refractivity contribution is 0.613. The second-order valence-corrected chi connectivity index (χ2v) is 5.56. The molecule has 1 aromatic carbocycles. The van der Waals surface area contributed by atoms with E-state index in [1.54, 1.807) is 0 Å². The molecule has 0 aromatic heterocycles. The Morgan fingerprint density at radius 3 is 2.61 bits per heavy atom. The van der Waals surface area contributed by atoms with E-state index in [0.29, 0.717) is 12.0 Å². The summed E-state index contributed by atoms with van der Waals surface area (Å²) in [6.07, 6.45) is 5.19. The average Bonchev–Trinajstić information content (AvgIpc) is 2.90. The summed E-state index contributed by atoms with van der Waals surface area (Å²) in [5.41, 5.74) is 1.36. The van der Waals surface area contributed by atoms with E-state index in [4.69, 9.17) is 12.2 Å². The first-order valence-electron chi connectivity index (χ1n) is 6.85. The Bertz CT molecular complexity index is 371. The van der Waals surface area contributed by atoms with Crippen molar-refractivity contribution in [2.75, 3.05) is 6.54 Å². The Morgan fingerprint density at radius 1 is 1.28 bits per heavy atom. The maximum atomic E-state index is 5.34. The predicted molar refractivity (Wildman–Crippen MR) is 80.8 cm³/mol. The normalized spacial score (nSPS) is 17.4. The summed E-state index contributed by atoms with van der Waals surface area (Å²) in [6.45, 7) is 3.11.